The van der Waals surface area contributed by atoms with Crippen molar-refractivity contribution in [3.8, 4) is 0 Å². The number of hydrogen-bond donors (Lipinski definition) is 0. The molecule has 0 aromatic carbocycles. The molecule has 17 heavy (non-hydrogen) atoms. The van der Waals surface area contributed by atoms with E-state index in [1.54, 1.807) is 0 Å². The Bertz CT molecular complexity index is 482. The lowest BCUT2D eigenvalue weighted by Crippen LogP contribution is -2.04. The summed E-state index contributed by atoms with van der Waals surface area (Å²) in [5.41, 5.74) is 2.54. The molecule has 0 unspecified atom stereocenters. The standard InChI is InChI=1S/C14H20N2S/c1-4-11-9-12(5-2)16(15-11)10-14-8-7-13(6-3)17-14/h7-9H,4-6,10H2,1-3H3. The van der Waals surface area contributed by atoms with Crippen LogP contribution in [0.2, 0.25) is 0 Å². The molecule has 0 saturated carbocycles. The third-order valence-electron chi connectivity index (χ3n) is 3.01. The normalized spacial score (nSPS) is 11.0. The smallest absolute Gasteiger partial charge is 0.0755 e. The van der Waals surface area contributed by atoms with Crippen LogP contribution in [0.4, 0.5) is 0 Å². The lowest BCUT2D eigenvalue weighted by Gasteiger charge is -2.03. The average Bonchev–Trinajstić information content (AvgIpc) is 2.95. The van der Waals surface area contributed by atoms with Crippen molar-refractivity contribution in [3.63, 3.8) is 0 Å². The van der Waals surface area contributed by atoms with Gasteiger partial charge in [-0.05, 0) is 37.5 Å². The summed E-state index contributed by atoms with van der Waals surface area (Å²) in [5.74, 6) is 0. The van der Waals surface area contributed by atoms with Crippen molar-refractivity contribution >= 4 is 11.3 Å². The summed E-state index contributed by atoms with van der Waals surface area (Å²) in [6.45, 7) is 7.48. The van der Waals surface area contributed by atoms with Gasteiger partial charge in [-0.2, -0.15) is 5.10 Å². The van der Waals surface area contributed by atoms with Crippen LogP contribution in [-0.4, -0.2) is 9.78 Å². The van der Waals surface area contributed by atoms with Gasteiger partial charge < -0.3 is 0 Å². The Morgan fingerprint density at radius 1 is 1.06 bits per heavy atom. The summed E-state index contributed by atoms with van der Waals surface area (Å²) < 4.78 is 2.16. The SMILES string of the molecule is CCc1cc(CC)n(Cc2ccc(CC)s2)n1. The molecular formula is C14H20N2S. The zero-order valence-electron chi connectivity index (χ0n) is 10.9. The van der Waals surface area contributed by atoms with E-state index in [1.165, 1.54) is 21.1 Å². The maximum absolute atomic E-state index is 4.65. The molecule has 2 heterocycles. The molecule has 0 bridgehead atoms. The summed E-state index contributed by atoms with van der Waals surface area (Å²) >= 11 is 1.90. The van der Waals surface area contributed by atoms with Gasteiger partial charge in [0.15, 0.2) is 0 Å². The Kier molecular flexibility index (Phi) is 4.00. The molecule has 0 atom stereocenters. The van der Waals surface area contributed by atoms with Crippen LogP contribution in [0.15, 0.2) is 18.2 Å². The van der Waals surface area contributed by atoms with Crippen LogP contribution in [0.5, 0.6) is 0 Å². The van der Waals surface area contributed by atoms with E-state index >= 15 is 0 Å². The zero-order chi connectivity index (χ0) is 12.3. The molecule has 0 aliphatic carbocycles. The Balaban J connectivity index is 2.19. The van der Waals surface area contributed by atoms with Crippen LogP contribution in [-0.2, 0) is 25.8 Å². The Morgan fingerprint density at radius 2 is 1.82 bits per heavy atom. The van der Waals surface area contributed by atoms with E-state index in [4.69, 9.17) is 0 Å². The minimum atomic E-state index is 0.924. The monoisotopic (exact) mass is 248 g/mol. The third-order valence-corrected chi connectivity index (χ3v) is 4.22. The topological polar surface area (TPSA) is 17.8 Å². The maximum Gasteiger partial charge on any atom is 0.0755 e. The second kappa shape index (κ2) is 5.50. The van der Waals surface area contributed by atoms with Crippen molar-refractivity contribution in [2.24, 2.45) is 0 Å². The molecule has 2 nitrogen and oxygen atoms in total. The first-order valence-corrected chi connectivity index (χ1v) is 7.21. The Morgan fingerprint density at radius 3 is 2.41 bits per heavy atom. The predicted octanol–water partition coefficient (Wildman–Crippen LogP) is 3.68. The lowest BCUT2D eigenvalue weighted by molar-refractivity contribution is 0.646. The second-order valence-electron chi connectivity index (χ2n) is 4.21. The van der Waals surface area contributed by atoms with Crippen molar-refractivity contribution in [1.82, 2.24) is 9.78 Å². The minimum Gasteiger partial charge on any atom is -0.264 e. The number of rotatable bonds is 5. The van der Waals surface area contributed by atoms with Crippen molar-refractivity contribution in [2.75, 3.05) is 0 Å². The lowest BCUT2D eigenvalue weighted by atomic mass is 10.2. The molecule has 2 aromatic rings. The Labute approximate surface area is 107 Å². The highest BCUT2D eigenvalue weighted by Crippen LogP contribution is 2.19. The van der Waals surface area contributed by atoms with Crippen molar-refractivity contribution < 1.29 is 0 Å². The molecule has 0 N–H and O–H groups in total. The molecule has 0 spiro atoms. The van der Waals surface area contributed by atoms with Gasteiger partial charge in [0.05, 0.1) is 12.2 Å². The van der Waals surface area contributed by atoms with Gasteiger partial charge in [0.25, 0.3) is 0 Å². The number of aryl methyl sites for hydroxylation is 3. The van der Waals surface area contributed by atoms with Gasteiger partial charge in [-0.25, -0.2) is 0 Å². The molecule has 0 radical (unpaired) electrons. The highest BCUT2D eigenvalue weighted by molar-refractivity contribution is 7.11. The average molecular weight is 248 g/mol. The number of aromatic nitrogens is 2. The number of nitrogens with zero attached hydrogens (tertiary/aromatic N) is 2. The fourth-order valence-electron chi connectivity index (χ4n) is 1.95. The summed E-state index contributed by atoms with van der Waals surface area (Å²) in [6, 6.07) is 6.69. The van der Waals surface area contributed by atoms with Crippen molar-refractivity contribution in [3.05, 3.63) is 39.3 Å². The molecule has 2 rings (SSSR count). The van der Waals surface area contributed by atoms with Crippen LogP contribution in [0.3, 0.4) is 0 Å². The van der Waals surface area contributed by atoms with Crippen molar-refractivity contribution in [2.45, 2.75) is 46.6 Å². The van der Waals surface area contributed by atoms with Crippen LogP contribution in [0, 0.1) is 0 Å². The molecule has 0 aliphatic rings. The largest absolute Gasteiger partial charge is 0.264 e. The van der Waals surface area contributed by atoms with Gasteiger partial charge in [0.1, 0.15) is 0 Å². The summed E-state index contributed by atoms with van der Waals surface area (Å²) in [5, 5.41) is 4.65. The molecule has 0 amide bonds. The molecule has 3 heteroatoms. The van der Waals surface area contributed by atoms with Gasteiger partial charge in [-0.1, -0.05) is 20.8 Å². The molecule has 0 aliphatic heterocycles. The van der Waals surface area contributed by atoms with Gasteiger partial charge >= 0.3 is 0 Å². The van der Waals surface area contributed by atoms with Crippen LogP contribution >= 0.6 is 11.3 Å². The van der Waals surface area contributed by atoms with E-state index in [1.807, 2.05) is 11.3 Å². The van der Waals surface area contributed by atoms with Crippen LogP contribution in [0.25, 0.3) is 0 Å². The van der Waals surface area contributed by atoms with Gasteiger partial charge in [-0.3, -0.25) is 4.68 Å². The fourth-order valence-corrected chi connectivity index (χ4v) is 2.89. The summed E-state index contributed by atoms with van der Waals surface area (Å²) in [4.78, 5) is 2.86. The molecule has 0 fully saturated rings. The first-order chi connectivity index (χ1) is 8.26. The van der Waals surface area contributed by atoms with E-state index in [-0.39, 0.29) is 0 Å². The Hall–Kier alpha value is -1.09. The number of hydrogen-bond acceptors (Lipinski definition) is 2. The van der Waals surface area contributed by atoms with Gasteiger partial charge in [0, 0.05) is 15.4 Å². The van der Waals surface area contributed by atoms with Gasteiger partial charge in [0.2, 0.25) is 0 Å². The first-order valence-electron chi connectivity index (χ1n) is 6.40. The van der Waals surface area contributed by atoms with E-state index in [0.717, 1.165) is 25.8 Å². The summed E-state index contributed by atoms with van der Waals surface area (Å²) in [6.07, 6.45) is 3.20. The fraction of sp³-hybridized carbons (Fsp3) is 0.500. The zero-order valence-corrected chi connectivity index (χ0v) is 11.7. The highest BCUT2D eigenvalue weighted by Gasteiger charge is 2.07. The molecule has 0 saturated heterocycles. The number of thiophene rings is 1. The third kappa shape index (κ3) is 2.78. The quantitative estimate of drug-likeness (QED) is 0.789. The first kappa shape index (κ1) is 12.4. The van der Waals surface area contributed by atoms with Crippen LogP contribution in [0.1, 0.15) is 41.9 Å². The molecule has 92 valence electrons. The van der Waals surface area contributed by atoms with E-state index in [0.29, 0.717) is 0 Å². The highest BCUT2D eigenvalue weighted by atomic mass is 32.1. The van der Waals surface area contributed by atoms with Crippen molar-refractivity contribution in [1.29, 1.82) is 0 Å². The van der Waals surface area contributed by atoms with E-state index < -0.39 is 0 Å². The maximum atomic E-state index is 4.65. The van der Waals surface area contributed by atoms with Crippen LogP contribution < -0.4 is 0 Å². The summed E-state index contributed by atoms with van der Waals surface area (Å²) in [7, 11) is 0. The van der Waals surface area contributed by atoms with Gasteiger partial charge in [-0.15, -0.1) is 11.3 Å². The van der Waals surface area contributed by atoms with E-state index in [2.05, 4.69) is 48.8 Å². The molecular weight excluding hydrogens is 228 g/mol. The second-order valence-corrected chi connectivity index (χ2v) is 5.47. The minimum absolute atomic E-state index is 0.924. The van der Waals surface area contributed by atoms with E-state index in [9.17, 15) is 0 Å². The predicted molar refractivity (Wildman–Crippen MR) is 73.8 cm³/mol. The molecule has 2 aromatic heterocycles.